The molecule has 0 spiro atoms. The van der Waals surface area contributed by atoms with Crippen molar-refractivity contribution < 1.29 is 4.74 Å². The Kier molecular flexibility index (Phi) is 5.11. The highest BCUT2D eigenvalue weighted by Gasteiger charge is 2.09. The molecule has 0 bridgehead atoms. The quantitative estimate of drug-likeness (QED) is 0.833. The van der Waals surface area contributed by atoms with Gasteiger partial charge in [0.05, 0.1) is 12.7 Å². The standard InChI is InChI=1S/C15H18N2OS2/c1-17(10-12-4-3-7-20-12)9-11-5-6-13(15(16)19)14(8-11)18-2/h3-8H,9-10H2,1-2H3,(H2,16,19). The number of benzene rings is 1. The Labute approximate surface area is 129 Å². The van der Waals surface area contributed by atoms with Gasteiger partial charge in [-0.3, -0.25) is 4.90 Å². The summed E-state index contributed by atoms with van der Waals surface area (Å²) >= 11 is 6.79. The van der Waals surface area contributed by atoms with Crippen LogP contribution in [-0.2, 0) is 13.1 Å². The summed E-state index contributed by atoms with van der Waals surface area (Å²) in [5.74, 6) is 0.736. The Balaban J connectivity index is 2.07. The first kappa shape index (κ1) is 15.0. The van der Waals surface area contributed by atoms with E-state index in [-0.39, 0.29) is 0 Å². The number of rotatable bonds is 6. The summed E-state index contributed by atoms with van der Waals surface area (Å²) in [4.78, 5) is 3.99. The third kappa shape index (κ3) is 3.79. The Hall–Kier alpha value is -1.43. The van der Waals surface area contributed by atoms with Crippen molar-refractivity contribution >= 4 is 28.5 Å². The zero-order valence-electron chi connectivity index (χ0n) is 11.6. The molecule has 0 aliphatic rings. The van der Waals surface area contributed by atoms with Crippen LogP contribution in [0, 0.1) is 0 Å². The largest absolute Gasteiger partial charge is 0.496 e. The van der Waals surface area contributed by atoms with Crippen molar-refractivity contribution in [3.05, 3.63) is 51.7 Å². The van der Waals surface area contributed by atoms with Crippen molar-refractivity contribution in [3.63, 3.8) is 0 Å². The van der Waals surface area contributed by atoms with Crippen LogP contribution < -0.4 is 10.5 Å². The number of ether oxygens (including phenoxy) is 1. The first-order valence-corrected chi connectivity index (χ1v) is 7.56. The van der Waals surface area contributed by atoms with Gasteiger partial charge in [0.25, 0.3) is 0 Å². The molecular weight excluding hydrogens is 288 g/mol. The zero-order chi connectivity index (χ0) is 14.5. The molecule has 0 unspecified atom stereocenters. The van der Waals surface area contributed by atoms with E-state index in [9.17, 15) is 0 Å². The van der Waals surface area contributed by atoms with Crippen LogP contribution in [0.25, 0.3) is 0 Å². The highest BCUT2D eigenvalue weighted by atomic mass is 32.1. The minimum Gasteiger partial charge on any atom is -0.496 e. The lowest BCUT2D eigenvalue weighted by molar-refractivity contribution is 0.321. The molecule has 0 aliphatic carbocycles. The van der Waals surface area contributed by atoms with E-state index < -0.39 is 0 Å². The van der Waals surface area contributed by atoms with Gasteiger partial charge in [-0.25, -0.2) is 0 Å². The van der Waals surface area contributed by atoms with Crippen LogP contribution in [0.1, 0.15) is 16.0 Å². The molecule has 1 heterocycles. The van der Waals surface area contributed by atoms with Crippen LogP contribution in [0.3, 0.4) is 0 Å². The monoisotopic (exact) mass is 306 g/mol. The number of hydrogen-bond acceptors (Lipinski definition) is 4. The number of thiocarbonyl (C=S) groups is 1. The van der Waals surface area contributed by atoms with E-state index in [1.54, 1.807) is 18.4 Å². The molecular formula is C15H18N2OS2. The molecule has 2 aromatic rings. The summed E-state index contributed by atoms with van der Waals surface area (Å²) in [7, 11) is 3.74. The van der Waals surface area contributed by atoms with Gasteiger partial charge < -0.3 is 10.5 Å². The highest BCUT2D eigenvalue weighted by Crippen LogP contribution is 2.21. The van der Waals surface area contributed by atoms with Crippen LogP contribution in [-0.4, -0.2) is 24.0 Å². The molecule has 0 radical (unpaired) electrons. The lowest BCUT2D eigenvalue weighted by atomic mass is 10.1. The van der Waals surface area contributed by atoms with E-state index in [0.29, 0.717) is 4.99 Å². The maximum atomic E-state index is 5.67. The average molecular weight is 306 g/mol. The number of hydrogen-bond donors (Lipinski definition) is 1. The first-order valence-electron chi connectivity index (χ1n) is 6.28. The van der Waals surface area contributed by atoms with E-state index in [4.69, 9.17) is 22.7 Å². The second kappa shape index (κ2) is 6.83. The van der Waals surface area contributed by atoms with Crippen molar-refractivity contribution in [1.82, 2.24) is 4.90 Å². The lowest BCUT2D eigenvalue weighted by Gasteiger charge is -2.17. The van der Waals surface area contributed by atoms with E-state index in [0.717, 1.165) is 24.4 Å². The first-order chi connectivity index (χ1) is 9.60. The molecule has 20 heavy (non-hydrogen) atoms. The van der Waals surface area contributed by atoms with Crippen LogP contribution >= 0.6 is 23.6 Å². The molecule has 0 fully saturated rings. The topological polar surface area (TPSA) is 38.5 Å². The van der Waals surface area contributed by atoms with Gasteiger partial charge in [0.1, 0.15) is 10.7 Å². The van der Waals surface area contributed by atoms with Gasteiger partial charge in [-0.15, -0.1) is 11.3 Å². The minimum absolute atomic E-state index is 0.361. The minimum atomic E-state index is 0.361. The summed E-state index contributed by atoms with van der Waals surface area (Å²) in [6, 6.07) is 10.2. The van der Waals surface area contributed by atoms with Crippen molar-refractivity contribution in [3.8, 4) is 5.75 Å². The normalized spacial score (nSPS) is 10.8. The van der Waals surface area contributed by atoms with E-state index in [1.807, 2.05) is 18.2 Å². The van der Waals surface area contributed by atoms with Crippen LogP contribution in [0.4, 0.5) is 0 Å². The third-order valence-corrected chi connectivity index (χ3v) is 4.07. The van der Waals surface area contributed by atoms with Crippen LogP contribution in [0.5, 0.6) is 5.75 Å². The number of methoxy groups -OCH3 is 1. The Morgan fingerprint density at radius 3 is 2.75 bits per heavy atom. The molecule has 2 N–H and O–H groups in total. The van der Waals surface area contributed by atoms with Gasteiger partial charge in [0.15, 0.2) is 0 Å². The van der Waals surface area contributed by atoms with Crippen molar-refractivity contribution in [2.45, 2.75) is 13.1 Å². The molecule has 0 amide bonds. The predicted octanol–water partition coefficient (Wildman–Crippen LogP) is 3.02. The maximum absolute atomic E-state index is 5.67. The van der Waals surface area contributed by atoms with E-state index in [1.165, 1.54) is 10.4 Å². The van der Waals surface area contributed by atoms with Gasteiger partial charge in [-0.2, -0.15) is 0 Å². The summed E-state index contributed by atoms with van der Waals surface area (Å²) in [6.07, 6.45) is 0. The predicted molar refractivity (Wildman–Crippen MR) is 88.4 cm³/mol. The fraction of sp³-hybridized carbons (Fsp3) is 0.267. The van der Waals surface area contributed by atoms with Crippen molar-refractivity contribution in [2.24, 2.45) is 5.73 Å². The molecule has 0 saturated heterocycles. The molecule has 0 saturated carbocycles. The Bertz CT molecular complexity index is 582. The molecule has 106 valence electrons. The molecule has 0 aliphatic heterocycles. The SMILES string of the molecule is COc1cc(CN(C)Cc2cccs2)ccc1C(N)=S. The molecule has 1 aromatic carbocycles. The van der Waals surface area contributed by atoms with Crippen LogP contribution in [0.2, 0.25) is 0 Å². The Morgan fingerprint density at radius 2 is 2.15 bits per heavy atom. The fourth-order valence-corrected chi connectivity index (χ4v) is 3.03. The number of thiophene rings is 1. The second-order valence-corrected chi connectivity index (χ2v) is 6.12. The van der Waals surface area contributed by atoms with E-state index >= 15 is 0 Å². The molecule has 0 atom stereocenters. The second-order valence-electron chi connectivity index (χ2n) is 4.65. The number of nitrogens with two attached hydrogens (primary N) is 1. The highest BCUT2D eigenvalue weighted by molar-refractivity contribution is 7.80. The third-order valence-electron chi connectivity index (χ3n) is 2.99. The summed E-state index contributed by atoms with van der Waals surface area (Å²) in [5.41, 5.74) is 7.64. The zero-order valence-corrected chi connectivity index (χ0v) is 13.3. The summed E-state index contributed by atoms with van der Waals surface area (Å²) in [6.45, 7) is 1.79. The van der Waals surface area contributed by atoms with Gasteiger partial charge >= 0.3 is 0 Å². The average Bonchev–Trinajstić information content (AvgIpc) is 2.90. The van der Waals surface area contributed by atoms with Gasteiger partial charge in [-0.1, -0.05) is 24.4 Å². The molecule has 3 nitrogen and oxygen atoms in total. The number of nitrogens with zero attached hydrogens (tertiary/aromatic N) is 1. The smallest absolute Gasteiger partial charge is 0.129 e. The summed E-state index contributed by atoms with van der Waals surface area (Å²) in [5, 5.41) is 2.10. The van der Waals surface area contributed by atoms with Gasteiger partial charge in [-0.05, 0) is 36.2 Å². The molecule has 5 heteroatoms. The molecule has 1 aromatic heterocycles. The van der Waals surface area contributed by atoms with Crippen LogP contribution in [0.15, 0.2) is 35.7 Å². The maximum Gasteiger partial charge on any atom is 0.129 e. The molecule has 2 rings (SSSR count). The fourth-order valence-electron chi connectivity index (χ4n) is 2.07. The van der Waals surface area contributed by atoms with Crippen molar-refractivity contribution in [1.29, 1.82) is 0 Å². The van der Waals surface area contributed by atoms with Gasteiger partial charge in [0.2, 0.25) is 0 Å². The van der Waals surface area contributed by atoms with E-state index in [2.05, 4.69) is 29.5 Å². The van der Waals surface area contributed by atoms with Gasteiger partial charge in [0, 0.05) is 18.0 Å². The Morgan fingerprint density at radius 1 is 1.35 bits per heavy atom. The van der Waals surface area contributed by atoms with Crippen molar-refractivity contribution in [2.75, 3.05) is 14.2 Å². The summed E-state index contributed by atoms with van der Waals surface area (Å²) < 4.78 is 5.35. The lowest BCUT2D eigenvalue weighted by Crippen LogP contribution is -2.17.